The van der Waals surface area contributed by atoms with Crippen molar-refractivity contribution >= 4 is 27.8 Å². The van der Waals surface area contributed by atoms with E-state index in [4.69, 9.17) is 5.11 Å². The largest absolute Gasteiger partial charge is 0.480 e. The molecule has 0 aromatic heterocycles. The van der Waals surface area contributed by atoms with E-state index in [9.17, 15) is 22.8 Å². The molecule has 1 saturated heterocycles. The molecule has 3 rings (SSSR count). The third kappa shape index (κ3) is 1.97. The number of amides is 2. The van der Waals surface area contributed by atoms with Gasteiger partial charge in [0.25, 0.3) is 15.9 Å². The molecule has 1 fully saturated rings. The standard InChI is InChI=1S/C13H12N2O6S/c16-11(17)7-14-6-5-9(13(14)19)15-12(18)8-3-1-2-4-10(8)22(15,20)21/h1-4,9H,5-7H2,(H,16,17). The number of rotatable bonds is 3. The van der Waals surface area contributed by atoms with Crippen LogP contribution in [0.5, 0.6) is 0 Å². The number of fused-ring (bicyclic) bond motifs is 1. The van der Waals surface area contributed by atoms with Crippen LogP contribution in [0.1, 0.15) is 16.8 Å². The van der Waals surface area contributed by atoms with Crippen LogP contribution in [0.15, 0.2) is 29.2 Å². The fraction of sp³-hybridized carbons (Fsp3) is 0.308. The highest BCUT2D eigenvalue weighted by atomic mass is 32.2. The van der Waals surface area contributed by atoms with Crippen LogP contribution in [-0.4, -0.2) is 59.6 Å². The van der Waals surface area contributed by atoms with Gasteiger partial charge < -0.3 is 10.0 Å². The van der Waals surface area contributed by atoms with Gasteiger partial charge in [-0.05, 0) is 18.6 Å². The molecule has 1 aromatic carbocycles. The summed E-state index contributed by atoms with van der Waals surface area (Å²) >= 11 is 0. The van der Waals surface area contributed by atoms with E-state index in [0.29, 0.717) is 4.31 Å². The highest BCUT2D eigenvalue weighted by Gasteiger charge is 2.50. The van der Waals surface area contributed by atoms with Gasteiger partial charge >= 0.3 is 5.97 Å². The Labute approximate surface area is 126 Å². The number of carbonyl (C=O) groups is 3. The van der Waals surface area contributed by atoms with E-state index in [2.05, 4.69) is 0 Å². The van der Waals surface area contributed by atoms with Crippen molar-refractivity contribution in [2.24, 2.45) is 0 Å². The van der Waals surface area contributed by atoms with E-state index >= 15 is 0 Å². The van der Waals surface area contributed by atoms with Gasteiger partial charge in [0.05, 0.1) is 5.56 Å². The van der Waals surface area contributed by atoms with E-state index in [1.165, 1.54) is 18.2 Å². The molecule has 1 aromatic rings. The molecule has 8 nitrogen and oxygen atoms in total. The van der Waals surface area contributed by atoms with Crippen molar-refractivity contribution in [2.75, 3.05) is 13.1 Å². The third-order valence-corrected chi connectivity index (χ3v) is 5.58. The first-order chi connectivity index (χ1) is 10.3. The Morgan fingerprint density at radius 3 is 2.59 bits per heavy atom. The fourth-order valence-electron chi connectivity index (χ4n) is 2.77. The maximum atomic E-state index is 12.5. The van der Waals surface area contributed by atoms with Crippen molar-refractivity contribution in [1.82, 2.24) is 9.21 Å². The minimum absolute atomic E-state index is 0.0342. The number of sulfonamides is 1. The lowest BCUT2D eigenvalue weighted by Crippen LogP contribution is -2.45. The lowest BCUT2D eigenvalue weighted by atomic mass is 10.2. The van der Waals surface area contributed by atoms with Gasteiger partial charge in [-0.1, -0.05) is 12.1 Å². The number of likely N-dealkylation sites (tertiary alicyclic amines) is 1. The second-order valence-electron chi connectivity index (χ2n) is 5.06. The average Bonchev–Trinajstić information content (AvgIpc) is 2.88. The van der Waals surface area contributed by atoms with Crippen LogP contribution in [-0.2, 0) is 19.6 Å². The fourth-order valence-corrected chi connectivity index (χ4v) is 4.51. The Balaban J connectivity index is 1.96. The maximum Gasteiger partial charge on any atom is 0.323 e. The Hall–Kier alpha value is -2.42. The van der Waals surface area contributed by atoms with E-state index < -0.39 is 40.4 Å². The van der Waals surface area contributed by atoms with Crippen molar-refractivity contribution in [3.63, 3.8) is 0 Å². The van der Waals surface area contributed by atoms with Gasteiger partial charge in [0.2, 0.25) is 5.91 Å². The highest BCUT2D eigenvalue weighted by Crippen LogP contribution is 2.34. The Bertz CT molecular complexity index is 787. The van der Waals surface area contributed by atoms with Crippen molar-refractivity contribution in [3.05, 3.63) is 29.8 Å². The average molecular weight is 324 g/mol. The van der Waals surface area contributed by atoms with Gasteiger partial charge in [-0.2, -0.15) is 0 Å². The van der Waals surface area contributed by atoms with Crippen LogP contribution in [0.3, 0.4) is 0 Å². The first-order valence-electron chi connectivity index (χ1n) is 6.52. The van der Waals surface area contributed by atoms with Gasteiger partial charge in [0.1, 0.15) is 17.5 Å². The maximum absolute atomic E-state index is 12.5. The van der Waals surface area contributed by atoms with Gasteiger partial charge in [-0.15, -0.1) is 0 Å². The molecule has 2 amide bonds. The Morgan fingerprint density at radius 1 is 1.27 bits per heavy atom. The quantitative estimate of drug-likeness (QED) is 0.803. The first-order valence-corrected chi connectivity index (χ1v) is 7.96. The van der Waals surface area contributed by atoms with E-state index in [0.717, 1.165) is 4.90 Å². The molecule has 9 heteroatoms. The predicted molar refractivity (Wildman–Crippen MR) is 72.4 cm³/mol. The summed E-state index contributed by atoms with van der Waals surface area (Å²) in [5.41, 5.74) is 0.0342. The summed E-state index contributed by atoms with van der Waals surface area (Å²) in [7, 11) is -4.07. The van der Waals surface area contributed by atoms with E-state index in [-0.39, 0.29) is 23.4 Å². The van der Waals surface area contributed by atoms with Crippen LogP contribution in [0.4, 0.5) is 0 Å². The summed E-state index contributed by atoms with van der Waals surface area (Å²) in [5, 5.41) is 8.75. The molecular formula is C13H12N2O6S. The SMILES string of the molecule is O=C(O)CN1CCC(N2C(=O)c3ccccc3S2(=O)=O)C1=O. The second kappa shape index (κ2) is 4.80. The predicted octanol–water partition coefficient (Wildman–Crippen LogP) is -0.483. The van der Waals surface area contributed by atoms with Crippen molar-refractivity contribution in [1.29, 1.82) is 0 Å². The molecule has 1 N–H and O–H groups in total. The zero-order valence-corrected chi connectivity index (χ0v) is 12.1. The zero-order chi connectivity index (χ0) is 16.1. The minimum Gasteiger partial charge on any atom is -0.480 e. The summed E-state index contributed by atoms with van der Waals surface area (Å²) in [6.45, 7) is -0.407. The van der Waals surface area contributed by atoms with Crippen LogP contribution in [0.25, 0.3) is 0 Å². The lowest BCUT2D eigenvalue weighted by Gasteiger charge is -2.21. The van der Waals surface area contributed by atoms with Gasteiger partial charge in [0, 0.05) is 6.54 Å². The minimum atomic E-state index is -4.07. The Morgan fingerprint density at radius 2 is 1.95 bits per heavy atom. The molecular weight excluding hydrogens is 312 g/mol. The number of aliphatic carboxylic acids is 1. The van der Waals surface area contributed by atoms with Crippen LogP contribution < -0.4 is 0 Å². The zero-order valence-electron chi connectivity index (χ0n) is 11.3. The summed E-state index contributed by atoms with van der Waals surface area (Å²) in [6.07, 6.45) is 0.0884. The second-order valence-corrected chi connectivity index (χ2v) is 6.84. The summed E-state index contributed by atoms with van der Waals surface area (Å²) in [5.74, 6) is -2.59. The number of nitrogens with zero attached hydrogens (tertiary/aromatic N) is 2. The summed E-state index contributed by atoms with van der Waals surface area (Å²) in [6, 6.07) is 4.58. The number of carbonyl (C=O) groups excluding carboxylic acids is 2. The topological polar surface area (TPSA) is 112 Å². The van der Waals surface area contributed by atoms with E-state index in [1.54, 1.807) is 6.07 Å². The molecule has 116 valence electrons. The van der Waals surface area contributed by atoms with Crippen molar-refractivity contribution < 1.29 is 27.9 Å². The number of carboxylic acids is 1. The van der Waals surface area contributed by atoms with Crippen LogP contribution in [0, 0.1) is 0 Å². The molecule has 1 atom stereocenters. The molecule has 2 aliphatic rings. The molecule has 22 heavy (non-hydrogen) atoms. The Kier molecular flexibility index (Phi) is 3.17. The first kappa shape index (κ1) is 14.5. The van der Waals surface area contributed by atoms with Gasteiger partial charge in [-0.3, -0.25) is 14.4 Å². The lowest BCUT2D eigenvalue weighted by molar-refractivity contribution is -0.143. The molecule has 0 saturated carbocycles. The summed E-state index contributed by atoms with van der Waals surface area (Å²) in [4.78, 5) is 36.2. The number of carboxylic acid groups (broad SMARTS) is 1. The van der Waals surface area contributed by atoms with Crippen molar-refractivity contribution in [2.45, 2.75) is 17.4 Å². The highest BCUT2D eigenvalue weighted by molar-refractivity contribution is 7.90. The molecule has 0 bridgehead atoms. The summed E-state index contributed by atoms with van der Waals surface area (Å²) < 4.78 is 25.5. The molecule has 2 aliphatic heterocycles. The third-order valence-electron chi connectivity index (χ3n) is 3.73. The molecule has 0 aliphatic carbocycles. The van der Waals surface area contributed by atoms with Crippen LogP contribution >= 0.6 is 0 Å². The normalized spacial score (nSPS) is 23.0. The van der Waals surface area contributed by atoms with E-state index in [1.807, 2.05) is 0 Å². The number of benzene rings is 1. The van der Waals surface area contributed by atoms with Crippen LogP contribution in [0.2, 0.25) is 0 Å². The van der Waals surface area contributed by atoms with Gasteiger partial charge in [0.15, 0.2) is 0 Å². The monoisotopic (exact) mass is 324 g/mol. The molecule has 1 unspecified atom stereocenters. The number of hydrogen-bond donors (Lipinski definition) is 1. The molecule has 0 radical (unpaired) electrons. The van der Waals surface area contributed by atoms with Crippen molar-refractivity contribution in [3.8, 4) is 0 Å². The molecule has 2 heterocycles. The smallest absolute Gasteiger partial charge is 0.323 e. The van der Waals surface area contributed by atoms with Gasteiger partial charge in [-0.25, -0.2) is 12.7 Å². The molecule has 0 spiro atoms. The number of hydrogen-bond acceptors (Lipinski definition) is 5.